The maximum atomic E-state index is 13.3. The average Bonchev–Trinajstić information content (AvgIpc) is 2.72. The summed E-state index contributed by atoms with van der Waals surface area (Å²) >= 11 is 0. The molecule has 0 heterocycles. The molecule has 2 rings (SSSR count). The monoisotopic (exact) mass is 451 g/mol. The van der Waals surface area contributed by atoms with E-state index in [1.165, 1.54) is 31.2 Å². The second-order valence-electron chi connectivity index (χ2n) is 8.50. The van der Waals surface area contributed by atoms with Gasteiger partial charge in [-0.15, -0.1) is 0 Å². The molecule has 3 N–H and O–H groups in total. The molecule has 174 valence electrons. The van der Waals surface area contributed by atoms with Gasteiger partial charge in [-0.3, -0.25) is 14.5 Å². The molecule has 2 aromatic carbocycles. The number of amides is 3. The zero-order valence-corrected chi connectivity index (χ0v) is 19.4. The van der Waals surface area contributed by atoms with E-state index in [1.54, 1.807) is 32.9 Å². The maximum absolute atomic E-state index is 13.3. The van der Waals surface area contributed by atoms with Crippen LogP contribution in [0.15, 0.2) is 48.5 Å². The molecule has 0 spiro atoms. The van der Waals surface area contributed by atoms with E-state index in [9.17, 15) is 19.5 Å². The second kappa shape index (κ2) is 10.6. The third kappa shape index (κ3) is 7.01. The molecule has 2 unspecified atom stereocenters. The number of carbonyl (C=O) groups excluding carboxylic acids is 3. The number of carbonyl (C=O) groups is 3. The Balaban J connectivity index is 2.35. The average molecular weight is 452 g/mol. The van der Waals surface area contributed by atoms with Gasteiger partial charge < -0.3 is 20.5 Å². The van der Waals surface area contributed by atoms with Gasteiger partial charge in [0.1, 0.15) is 23.4 Å². The molecule has 8 heteroatoms. The van der Waals surface area contributed by atoms with Crippen molar-refractivity contribution in [2.45, 2.75) is 52.3 Å². The van der Waals surface area contributed by atoms with E-state index in [1.807, 2.05) is 19.1 Å². The van der Waals surface area contributed by atoms with Gasteiger partial charge in [-0.2, -0.15) is 0 Å². The van der Waals surface area contributed by atoms with Gasteiger partial charge in [-0.1, -0.05) is 36.8 Å². The Morgan fingerprint density at radius 2 is 1.70 bits per heavy atom. The molecule has 0 saturated heterocycles. The highest BCUT2D eigenvalue weighted by atomic mass is 16.6. The minimum atomic E-state index is -1.22. The Labute approximate surface area is 193 Å². The van der Waals surface area contributed by atoms with Crippen molar-refractivity contribution in [3.63, 3.8) is 0 Å². The zero-order valence-electron chi connectivity index (χ0n) is 19.4. The highest BCUT2D eigenvalue weighted by Gasteiger charge is 2.34. The van der Waals surface area contributed by atoms with Crippen LogP contribution in [0.3, 0.4) is 0 Å². The van der Waals surface area contributed by atoms with Crippen LogP contribution in [-0.4, -0.2) is 39.6 Å². The lowest BCUT2D eigenvalue weighted by Gasteiger charge is -2.29. The SMILES string of the molecule is C#CN(C(=O)C(C)NC(=O)OC(C)(C)C)C(C(=O)Nc1ccccc1C)c1ccc(O)cc1. The van der Waals surface area contributed by atoms with Crippen LogP contribution in [0.2, 0.25) is 0 Å². The first kappa shape index (κ1) is 25.3. The van der Waals surface area contributed by atoms with Crippen LogP contribution in [0.1, 0.15) is 44.9 Å². The van der Waals surface area contributed by atoms with E-state index in [-0.39, 0.29) is 5.75 Å². The standard InChI is InChI=1S/C25H29N3O5/c1-7-28(23(31)17(3)26-24(32)33-25(4,5)6)21(18-12-14-19(29)15-13-18)22(30)27-20-11-9-8-10-16(20)2/h1,8-15,17,21,29H,2-6H3,(H,26,32)(H,27,30). The number of rotatable bonds is 6. The topological polar surface area (TPSA) is 108 Å². The normalized spacial score (nSPS) is 12.6. The van der Waals surface area contributed by atoms with Crippen LogP contribution < -0.4 is 10.6 Å². The summed E-state index contributed by atoms with van der Waals surface area (Å²) in [6.07, 6.45) is 4.87. The van der Waals surface area contributed by atoms with Gasteiger partial charge in [0, 0.05) is 11.7 Å². The number of aryl methyl sites for hydroxylation is 1. The fourth-order valence-corrected chi connectivity index (χ4v) is 3.01. The highest BCUT2D eigenvalue weighted by Crippen LogP contribution is 2.26. The first-order chi connectivity index (χ1) is 15.4. The molecule has 2 aromatic rings. The molecule has 0 bridgehead atoms. The van der Waals surface area contributed by atoms with E-state index < -0.39 is 35.6 Å². The third-order valence-electron chi connectivity index (χ3n) is 4.60. The number of para-hydroxylation sites is 1. The Bertz CT molecular complexity index is 1050. The summed E-state index contributed by atoms with van der Waals surface area (Å²) in [7, 11) is 0. The minimum absolute atomic E-state index is 0.00430. The summed E-state index contributed by atoms with van der Waals surface area (Å²) in [5.74, 6) is -1.23. The first-order valence-corrected chi connectivity index (χ1v) is 10.4. The van der Waals surface area contributed by atoms with Gasteiger partial charge in [0.15, 0.2) is 0 Å². The van der Waals surface area contributed by atoms with Crippen molar-refractivity contribution in [3.8, 4) is 18.2 Å². The molecular formula is C25H29N3O5. The number of hydrogen-bond donors (Lipinski definition) is 3. The van der Waals surface area contributed by atoms with E-state index in [0.29, 0.717) is 11.3 Å². The number of phenolic OH excluding ortho intramolecular Hbond substituents is 1. The molecule has 8 nitrogen and oxygen atoms in total. The third-order valence-corrected chi connectivity index (χ3v) is 4.60. The predicted octanol–water partition coefficient (Wildman–Crippen LogP) is 3.71. The number of anilines is 1. The number of terminal acetylenes is 1. The van der Waals surface area contributed by atoms with Crippen LogP contribution in [0, 0.1) is 19.4 Å². The molecule has 33 heavy (non-hydrogen) atoms. The zero-order chi connectivity index (χ0) is 24.8. The van der Waals surface area contributed by atoms with Crippen molar-refractivity contribution >= 4 is 23.6 Å². The number of nitrogens with zero attached hydrogens (tertiary/aromatic N) is 1. The second-order valence-corrected chi connectivity index (χ2v) is 8.50. The predicted molar refractivity (Wildman–Crippen MR) is 125 cm³/mol. The number of aromatic hydroxyl groups is 1. The lowest BCUT2D eigenvalue weighted by molar-refractivity contribution is -0.136. The fraction of sp³-hybridized carbons (Fsp3) is 0.320. The van der Waals surface area contributed by atoms with E-state index >= 15 is 0 Å². The molecule has 0 fully saturated rings. The molecule has 0 aliphatic rings. The van der Waals surface area contributed by atoms with Crippen molar-refractivity contribution in [2.75, 3.05) is 5.32 Å². The number of ether oxygens (including phenoxy) is 1. The molecular weight excluding hydrogens is 422 g/mol. The van der Waals surface area contributed by atoms with Gasteiger partial charge in [0.25, 0.3) is 11.8 Å². The molecule has 2 atom stereocenters. The van der Waals surface area contributed by atoms with Gasteiger partial charge in [-0.25, -0.2) is 4.79 Å². The molecule has 0 radical (unpaired) electrons. The van der Waals surface area contributed by atoms with Gasteiger partial charge >= 0.3 is 6.09 Å². The highest BCUT2D eigenvalue weighted by molar-refractivity contribution is 5.99. The van der Waals surface area contributed by atoms with Crippen molar-refractivity contribution in [3.05, 3.63) is 59.7 Å². The summed E-state index contributed by atoms with van der Waals surface area (Å²) in [5.41, 5.74) is 1.03. The van der Waals surface area contributed by atoms with Crippen LogP contribution in [0.25, 0.3) is 0 Å². The first-order valence-electron chi connectivity index (χ1n) is 10.4. The van der Waals surface area contributed by atoms with Gasteiger partial charge in [0.05, 0.1) is 0 Å². The van der Waals surface area contributed by atoms with Gasteiger partial charge in [0.2, 0.25) is 0 Å². The molecule has 0 saturated carbocycles. The largest absolute Gasteiger partial charge is 0.508 e. The maximum Gasteiger partial charge on any atom is 0.408 e. The van der Waals surface area contributed by atoms with E-state index in [2.05, 4.69) is 16.7 Å². The Morgan fingerprint density at radius 1 is 1.09 bits per heavy atom. The van der Waals surface area contributed by atoms with Crippen molar-refractivity contribution in [2.24, 2.45) is 0 Å². The van der Waals surface area contributed by atoms with Crippen molar-refractivity contribution in [1.29, 1.82) is 0 Å². The summed E-state index contributed by atoms with van der Waals surface area (Å²) in [6, 6.07) is 12.9. The number of alkyl carbamates (subject to hydrolysis) is 1. The fourth-order valence-electron chi connectivity index (χ4n) is 3.01. The molecule has 0 aromatic heterocycles. The van der Waals surface area contributed by atoms with Gasteiger partial charge in [-0.05, 0) is 63.9 Å². The lowest BCUT2D eigenvalue weighted by atomic mass is 10.0. The number of phenols is 1. The summed E-state index contributed by atoms with van der Waals surface area (Å²) in [6.45, 7) is 8.38. The number of hydrogen-bond acceptors (Lipinski definition) is 5. The summed E-state index contributed by atoms with van der Waals surface area (Å²) < 4.78 is 5.19. The van der Waals surface area contributed by atoms with Crippen LogP contribution in [-0.2, 0) is 14.3 Å². The van der Waals surface area contributed by atoms with Crippen LogP contribution in [0.4, 0.5) is 10.5 Å². The Kier molecular flexibility index (Phi) is 8.08. The smallest absolute Gasteiger partial charge is 0.408 e. The van der Waals surface area contributed by atoms with Crippen LogP contribution >= 0.6 is 0 Å². The molecule has 3 amide bonds. The Morgan fingerprint density at radius 3 is 2.24 bits per heavy atom. The minimum Gasteiger partial charge on any atom is -0.508 e. The number of nitrogens with one attached hydrogen (secondary N) is 2. The molecule has 0 aliphatic heterocycles. The van der Waals surface area contributed by atoms with E-state index in [4.69, 9.17) is 11.2 Å². The number of benzene rings is 2. The quantitative estimate of drug-likeness (QED) is 0.458. The lowest BCUT2D eigenvalue weighted by Crippen LogP contribution is -2.49. The molecule has 0 aliphatic carbocycles. The summed E-state index contributed by atoms with van der Waals surface area (Å²) in [4.78, 5) is 39.5. The van der Waals surface area contributed by atoms with Crippen molar-refractivity contribution < 1.29 is 24.2 Å². The summed E-state index contributed by atoms with van der Waals surface area (Å²) in [5, 5.41) is 14.9. The van der Waals surface area contributed by atoms with Crippen LogP contribution in [0.5, 0.6) is 5.75 Å². The Hall–Kier alpha value is -3.99. The van der Waals surface area contributed by atoms with Crippen molar-refractivity contribution in [1.82, 2.24) is 10.2 Å². The van der Waals surface area contributed by atoms with E-state index in [0.717, 1.165) is 10.5 Å².